The molecule has 0 aromatic rings. The van der Waals surface area contributed by atoms with Gasteiger partial charge in [0.05, 0.1) is 0 Å². The van der Waals surface area contributed by atoms with Crippen LogP contribution in [0, 0.1) is 0 Å². The van der Waals surface area contributed by atoms with E-state index in [-0.39, 0.29) is 1.43 Å². The largest absolute Gasteiger partial charge is 0.248 e. The molecule has 52 valence electrons. The molecule has 0 spiro atoms. The van der Waals surface area contributed by atoms with Crippen molar-refractivity contribution in [2.75, 3.05) is 0 Å². The second-order valence-electron chi connectivity index (χ2n) is 2.57. The van der Waals surface area contributed by atoms with Gasteiger partial charge >= 0.3 is 0 Å². The van der Waals surface area contributed by atoms with Gasteiger partial charge < -0.3 is 0 Å². The summed E-state index contributed by atoms with van der Waals surface area (Å²) < 4.78 is 2.03. The third kappa shape index (κ3) is 2.58. The molecule has 0 aliphatic carbocycles. The Morgan fingerprint density at radius 3 is 1.38 bits per heavy atom. The minimum absolute atomic E-state index is 0. The summed E-state index contributed by atoms with van der Waals surface area (Å²) in [6, 6.07) is 1.08. The Bertz CT molecular complexity index is 58.1. The van der Waals surface area contributed by atoms with Gasteiger partial charge in [-0.3, -0.25) is 0 Å². The number of hydrogen-bond donors (Lipinski definition) is 1. The molecule has 0 heterocycles. The highest BCUT2D eigenvalue weighted by atomic mass is 32.1. The molecule has 0 aliphatic rings. The first-order valence-electron chi connectivity index (χ1n) is 3.03. The topological polar surface area (TPSA) is 3.24 Å². The van der Waals surface area contributed by atoms with Gasteiger partial charge in [-0.15, -0.1) is 0 Å². The summed E-state index contributed by atoms with van der Waals surface area (Å²) in [5.41, 5.74) is 0. The number of thiol groups is 1. The molecule has 0 amide bonds. The fourth-order valence-electron chi connectivity index (χ4n) is 0.596. The second-order valence-corrected chi connectivity index (χ2v) is 3.03. The van der Waals surface area contributed by atoms with Crippen LogP contribution < -0.4 is 0 Å². The van der Waals surface area contributed by atoms with Crippen molar-refractivity contribution in [1.29, 1.82) is 0 Å². The summed E-state index contributed by atoms with van der Waals surface area (Å²) in [4.78, 5) is 0. The zero-order valence-corrected chi connectivity index (χ0v) is 6.94. The van der Waals surface area contributed by atoms with Gasteiger partial charge in [0.1, 0.15) is 0 Å². The van der Waals surface area contributed by atoms with E-state index in [9.17, 15) is 0 Å². The first-order chi connectivity index (χ1) is 3.55. The van der Waals surface area contributed by atoms with Crippen molar-refractivity contribution in [2.24, 2.45) is 0 Å². The summed E-state index contributed by atoms with van der Waals surface area (Å²) in [5.74, 6) is 0. The average Bonchev–Trinajstić information content (AvgIpc) is 1.64. The van der Waals surface area contributed by atoms with E-state index < -0.39 is 0 Å². The minimum atomic E-state index is 0. The number of rotatable bonds is 2. The molecular weight excluding hydrogens is 118 g/mol. The lowest BCUT2D eigenvalue weighted by molar-refractivity contribution is 0.340. The van der Waals surface area contributed by atoms with Crippen LogP contribution in [0.15, 0.2) is 0 Å². The highest BCUT2D eigenvalue weighted by molar-refractivity contribution is 7.77. The third-order valence-electron chi connectivity index (χ3n) is 1.06. The molecule has 0 bridgehead atoms. The van der Waals surface area contributed by atoms with Gasteiger partial charge in [0.2, 0.25) is 0 Å². The van der Waals surface area contributed by atoms with Gasteiger partial charge in [-0.1, -0.05) is 12.8 Å². The van der Waals surface area contributed by atoms with Crippen LogP contribution in [0.4, 0.5) is 0 Å². The molecule has 0 saturated heterocycles. The van der Waals surface area contributed by atoms with Crippen molar-refractivity contribution in [3.63, 3.8) is 0 Å². The Labute approximate surface area is 59.1 Å². The molecule has 8 heavy (non-hydrogen) atoms. The molecule has 0 fully saturated rings. The third-order valence-corrected chi connectivity index (χ3v) is 1.98. The Morgan fingerprint density at radius 1 is 1.12 bits per heavy atom. The molecule has 0 rings (SSSR count). The van der Waals surface area contributed by atoms with Crippen LogP contribution in [0.2, 0.25) is 0 Å². The van der Waals surface area contributed by atoms with Gasteiger partial charge in [-0.05, 0) is 27.7 Å². The van der Waals surface area contributed by atoms with E-state index in [1.807, 2.05) is 4.31 Å². The fraction of sp³-hybridized carbons (Fsp3) is 1.00. The molecule has 0 saturated carbocycles. The minimum Gasteiger partial charge on any atom is -0.248 e. The average molecular weight is 135 g/mol. The summed E-state index contributed by atoms with van der Waals surface area (Å²) >= 11 is 4.25. The molecule has 0 aliphatic heterocycles. The van der Waals surface area contributed by atoms with Crippen LogP contribution in [0.1, 0.15) is 29.1 Å². The van der Waals surface area contributed by atoms with Crippen molar-refractivity contribution in [1.82, 2.24) is 4.31 Å². The van der Waals surface area contributed by atoms with Crippen LogP contribution in [-0.2, 0) is 0 Å². The molecule has 0 aromatic heterocycles. The van der Waals surface area contributed by atoms with Crippen LogP contribution in [0.5, 0.6) is 0 Å². The van der Waals surface area contributed by atoms with E-state index >= 15 is 0 Å². The highest BCUT2D eigenvalue weighted by Crippen LogP contribution is 2.06. The van der Waals surface area contributed by atoms with Gasteiger partial charge in [0, 0.05) is 13.5 Å². The van der Waals surface area contributed by atoms with E-state index in [0.717, 1.165) is 0 Å². The van der Waals surface area contributed by atoms with Crippen LogP contribution >= 0.6 is 12.8 Å². The van der Waals surface area contributed by atoms with Crippen molar-refractivity contribution in [3.05, 3.63) is 0 Å². The highest BCUT2D eigenvalue weighted by Gasteiger charge is 2.06. The number of nitrogens with zero attached hydrogens (tertiary/aromatic N) is 1. The smallest absolute Gasteiger partial charge is 0.0146 e. The lowest BCUT2D eigenvalue weighted by atomic mass is 10.3. The van der Waals surface area contributed by atoms with Gasteiger partial charge in [0.15, 0.2) is 0 Å². The van der Waals surface area contributed by atoms with Gasteiger partial charge in [-0.25, -0.2) is 4.31 Å². The monoisotopic (exact) mass is 135 g/mol. The van der Waals surface area contributed by atoms with E-state index in [2.05, 4.69) is 40.5 Å². The van der Waals surface area contributed by atoms with Crippen LogP contribution in [-0.4, -0.2) is 16.4 Å². The zero-order valence-electron chi connectivity index (χ0n) is 6.05. The normalized spacial score (nSPS) is 12.0. The summed E-state index contributed by atoms with van der Waals surface area (Å²) in [6.07, 6.45) is 0. The van der Waals surface area contributed by atoms with Crippen LogP contribution in [0.3, 0.4) is 0 Å². The molecule has 1 nitrogen and oxygen atoms in total. The maximum atomic E-state index is 4.25. The summed E-state index contributed by atoms with van der Waals surface area (Å²) in [7, 11) is 0. The standard InChI is InChI=1S/C6H15NS.H2/c1-5(2)7(8)6(3)4;/h5-6,8H,1-4H3;1H. The van der Waals surface area contributed by atoms with Crippen molar-refractivity contribution >= 4 is 12.8 Å². The zero-order chi connectivity index (χ0) is 6.73. The van der Waals surface area contributed by atoms with Crippen molar-refractivity contribution in [2.45, 2.75) is 39.8 Å². The predicted molar refractivity (Wildman–Crippen MR) is 43.2 cm³/mol. The van der Waals surface area contributed by atoms with E-state index in [0.29, 0.717) is 12.1 Å². The van der Waals surface area contributed by atoms with Crippen molar-refractivity contribution < 1.29 is 1.43 Å². The Morgan fingerprint density at radius 2 is 1.38 bits per heavy atom. The molecule has 0 N–H and O–H groups in total. The lowest BCUT2D eigenvalue weighted by Gasteiger charge is -2.23. The molecular formula is C6H17NS. The molecule has 0 atom stereocenters. The Kier molecular flexibility index (Phi) is 3.49. The second kappa shape index (κ2) is 3.36. The first kappa shape index (κ1) is 8.31. The Balaban J connectivity index is 0. The molecule has 0 aromatic carbocycles. The van der Waals surface area contributed by atoms with E-state index in [1.165, 1.54) is 0 Å². The molecule has 2 heteroatoms. The van der Waals surface area contributed by atoms with E-state index in [4.69, 9.17) is 0 Å². The van der Waals surface area contributed by atoms with Crippen LogP contribution in [0.25, 0.3) is 0 Å². The molecule has 0 unspecified atom stereocenters. The van der Waals surface area contributed by atoms with Gasteiger partial charge in [-0.2, -0.15) is 0 Å². The first-order valence-corrected chi connectivity index (χ1v) is 3.43. The van der Waals surface area contributed by atoms with E-state index in [1.54, 1.807) is 0 Å². The lowest BCUT2D eigenvalue weighted by Crippen LogP contribution is -2.27. The predicted octanol–water partition coefficient (Wildman–Crippen LogP) is 2.20. The quantitative estimate of drug-likeness (QED) is 0.568. The Hall–Kier alpha value is 0.310. The SMILES string of the molecule is CC(C)N(S)C(C)C.[HH]. The van der Waals surface area contributed by atoms with Crippen molar-refractivity contribution in [3.8, 4) is 0 Å². The molecule has 0 radical (unpaired) electrons. The fourth-order valence-corrected chi connectivity index (χ4v) is 0.596. The number of hydrogen-bond acceptors (Lipinski definition) is 2. The maximum absolute atomic E-state index is 4.25. The summed E-state index contributed by atoms with van der Waals surface area (Å²) in [6.45, 7) is 8.53. The summed E-state index contributed by atoms with van der Waals surface area (Å²) in [5, 5.41) is 0. The van der Waals surface area contributed by atoms with Gasteiger partial charge in [0.25, 0.3) is 0 Å². The maximum Gasteiger partial charge on any atom is 0.0146 e.